The maximum Gasteiger partial charge on any atom is 0.306 e. The SMILES string of the molecule is COc1ccc(O[C@H]2C=C[C@@H](c3ccccc3)O[C@@H]2CO/N=C(\C)CCC(=O)OC[C@H]2O[C@H](C#Cc3ccccc3)C=C[C@@H]2Oc2ccc(C)cc2)cc1. The van der Waals surface area contributed by atoms with Crippen LogP contribution in [0, 0.1) is 18.8 Å². The monoisotopic (exact) mass is 727 g/mol. The molecule has 0 bridgehead atoms. The number of aryl methyl sites for hydroxylation is 1. The summed E-state index contributed by atoms with van der Waals surface area (Å²) in [4.78, 5) is 18.7. The van der Waals surface area contributed by atoms with E-state index in [-0.39, 0.29) is 31.7 Å². The first-order chi connectivity index (χ1) is 26.4. The van der Waals surface area contributed by atoms with Gasteiger partial charge in [-0.05, 0) is 92.6 Å². The van der Waals surface area contributed by atoms with Crippen LogP contribution in [0.15, 0.2) is 139 Å². The van der Waals surface area contributed by atoms with Gasteiger partial charge in [0.05, 0.1) is 19.2 Å². The Morgan fingerprint density at radius 3 is 2.00 bits per heavy atom. The highest BCUT2D eigenvalue weighted by Gasteiger charge is 2.31. The number of hydrogen-bond acceptors (Lipinski definition) is 9. The van der Waals surface area contributed by atoms with Gasteiger partial charge in [-0.3, -0.25) is 4.79 Å². The first kappa shape index (κ1) is 37.9. The van der Waals surface area contributed by atoms with Crippen LogP contribution in [0.25, 0.3) is 0 Å². The van der Waals surface area contributed by atoms with Crippen LogP contribution in [0.4, 0.5) is 0 Å². The normalized spacial score (nSPS) is 22.0. The molecule has 9 heteroatoms. The second-order valence-corrected chi connectivity index (χ2v) is 13.0. The Morgan fingerprint density at radius 1 is 0.704 bits per heavy atom. The minimum atomic E-state index is -0.564. The Kier molecular flexibility index (Phi) is 13.6. The lowest BCUT2D eigenvalue weighted by molar-refractivity contribution is -0.151. The number of hydrogen-bond donors (Lipinski definition) is 0. The van der Waals surface area contributed by atoms with E-state index in [0.717, 1.165) is 22.4 Å². The summed E-state index contributed by atoms with van der Waals surface area (Å²) in [5.74, 6) is 8.02. The van der Waals surface area contributed by atoms with E-state index in [4.69, 9.17) is 33.3 Å². The van der Waals surface area contributed by atoms with Gasteiger partial charge in [0.25, 0.3) is 0 Å². The van der Waals surface area contributed by atoms with Crippen molar-refractivity contribution >= 4 is 11.7 Å². The number of rotatable bonds is 14. The summed E-state index contributed by atoms with van der Waals surface area (Å²) in [6.07, 6.45) is 5.60. The second kappa shape index (κ2) is 19.3. The van der Waals surface area contributed by atoms with Crippen molar-refractivity contribution in [2.75, 3.05) is 20.3 Å². The minimum absolute atomic E-state index is 0.000605. The van der Waals surface area contributed by atoms with Gasteiger partial charge in [-0.15, -0.1) is 0 Å². The smallest absolute Gasteiger partial charge is 0.306 e. The van der Waals surface area contributed by atoms with Crippen molar-refractivity contribution in [3.63, 3.8) is 0 Å². The predicted octanol–water partition coefficient (Wildman–Crippen LogP) is 7.99. The topological polar surface area (TPSA) is 94.0 Å². The van der Waals surface area contributed by atoms with Crippen molar-refractivity contribution in [1.82, 2.24) is 0 Å². The molecule has 0 aromatic heterocycles. The van der Waals surface area contributed by atoms with Gasteiger partial charge in [0.1, 0.15) is 67.1 Å². The Balaban J connectivity index is 1.02. The van der Waals surface area contributed by atoms with Crippen LogP contribution in [-0.4, -0.2) is 62.5 Å². The summed E-state index contributed by atoms with van der Waals surface area (Å²) in [6, 6.07) is 34.8. The number of carbonyl (C=O) groups excluding carboxylic acids is 1. The van der Waals surface area contributed by atoms with E-state index < -0.39 is 30.5 Å². The second-order valence-electron chi connectivity index (χ2n) is 13.0. The number of benzene rings is 4. The number of nitrogens with zero attached hydrogens (tertiary/aromatic N) is 1. The van der Waals surface area contributed by atoms with Gasteiger partial charge in [-0.25, -0.2) is 0 Å². The summed E-state index contributed by atoms with van der Waals surface area (Å²) in [5, 5.41) is 4.29. The van der Waals surface area contributed by atoms with Crippen molar-refractivity contribution in [3.05, 3.63) is 150 Å². The van der Waals surface area contributed by atoms with Crippen molar-refractivity contribution in [3.8, 4) is 29.1 Å². The fraction of sp³-hybridized carbons (Fsp3) is 0.289. The Labute approximate surface area is 317 Å². The van der Waals surface area contributed by atoms with E-state index in [9.17, 15) is 4.79 Å². The molecule has 0 unspecified atom stereocenters. The number of oxime groups is 1. The first-order valence-corrected chi connectivity index (χ1v) is 18.1. The van der Waals surface area contributed by atoms with E-state index in [2.05, 4.69) is 17.0 Å². The molecule has 0 saturated carbocycles. The molecule has 0 saturated heterocycles. The zero-order valence-corrected chi connectivity index (χ0v) is 30.7. The summed E-state index contributed by atoms with van der Waals surface area (Å²) in [7, 11) is 1.62. The van der Waals surface area contributed by atoms with Crippen LogP contribution in [0.2, 0.25) is 0 Å². The van der Waals surface area contributed by atoms with Crippen LogP contribution in [0.5, 0.6) is 17.2 Å². The molecule has 0 radical (unpaired) electrons. The molecule has 6 atom stereocenters. The fourth-order valence-electron chi connectivity index (χ4n) is 5.76. The molecule has 54 heavy (non-hydrogen) atoms. The van der Waals surface area contributed by atoms with Gasteiger partial charge in [0, 0.05) is 5.56 Å². The van der Waals surface area contributed by atoms with Crippen LogP contribution in [0.3, 0.4) is 0 Å². The molecule has 0 amide bonds. The van der Waals surface area contributed by atoms with E-state index in [1.165, 1.54) is 0 Å². The molecule has 9 nitrogen and oxygen atoms in total. The molecule has 2 heterocycles. The third-order valence-corrected chi connectivity index (χ3v) is 8.77. The number of esters is 1. The molecule has 0 aliphatic carbocycles. The van der Waals surface area contributed by atoms with Gasteiger partial charge in [-0.2, -0.15) is 0 Å². The van der Waals surface area contributed by atoms with Gasteiger partial charge in [0.2, 0.25) is 0 Å². The zero-order chi connectivity index (χ0) is 37.5. The van der Waals surface area contributed by atoms with E-state index >= 15 is 0 Å². The van der Waals surface area contributed by atoms with Crippen LogP contribution < -0.4 is 14.2 Å². The zero-order valence-electron chi connectivity index (χ0n) is 30.7. The number of methoxy groups -OCH3 is 1. The van der Waals surface area contributed by atoms with Crippen molar-refractivity contribution < 1.29 is 38.1 Å². The highest BCUT2D eigenvalue weighted by Crippen LogP contribution is 2.29. The van der Waals surface area contributed by atoms with Crippen molar-refractivity contribution in [2.24, 2.45) is 5.16 Å². The van der Waals surface area contributed by atoms with Gasteiger partial charge in [-0.1, -0.05) is 89.3 Å². The van der Waals surface area contributed by atoms with Crippen molar-refractivity contribution in [1.29, 1.82) is 0 Å². The molecule has 278 valence electrons. The Hall–Kier alpha value is -5.82. The molecular formula is C45H45NO8. The molecule has 6 rings (SSSR count). The molecule has 0 N–H and O–H groups in total. The van der Waals surface area contributed by atoms with Crippen molar-refractivity contribution in [2.45, 2.75) is 63.3 Å². The lowest BCUT2D eigenvalue weighted by atomic mass is 10.0. The molecule has 0 spiro atoms. The lowest BCUT2D eigenvalue weighted by Crippen LogP contribution is -2.42. The highest BCUT2D eigenvalue weighted by molar-refractivity contribution is 5.85. The standard InChI is InChI=1S/C45H45NO8/c1-32-14-18-37(19-15-32)51-41-26-25-38(20-17-34-10-6-4-7-11-34)53-43(41)30-49-45(47)29-16-33(2)46-50-31-44-42(52-39-23-21-36(48-3)22-24-39)28-27-40(54-44)35-12-8-5-9-13-35/h4-15,18-19,21-28,38,40-44H,16,29-31H2,1-3H3/b46-33+/t38-,40+,41+,42+,43-,44-/m1/s1. The molecule has 2 aliphatic heterocycles. The average molecular weight is 728 g/mol. The molecule has 0 fully saturated rings. The fourth-order valence-corrected chi connectivity index (χ4v) is 5.76. The average Bonchev–Trinajstić information content (AvgIpc) is 3.21. The molecular weight excluding hydrogens is 682 g/mol. The number of ether oxygens (including phenoxy) is 6. The van der Waals surface area contributed by atoms with Crippen LogP contribution in [-0.2, 0) is 23.8 Å². The van der Waals surface area contributed by atoms with Crippen LogP contribution >= 0.6 is 0 Å². The third-order valence-electron chi connectivity index (χ3n) is 8.77. The summed E-state index contributed by atoms with van der Waals surface area (Å²) < 4.78 is 36.1. The van der Waals surface area contributed by atoms with E-state index in [1.54, 1.807) is 7.11 Å². The lowest BCUT2D eigenvalue weighted by Gasteiger charge is -2.32. The summed E-state index contributed by atoms with van der Waals surface area (Å²) in [5.41, 5.74) is 3.68. The maximum absolute atomic E-state index is 12.9. The molecule has 4 aromatic carbocycles. The Morgan fingerprint density at radius 2 is 1.31 bits per heavy atom. The summed E-state index contributed by atoms with van der Waals surface area (Å²) in [6.45, 7) is 3.97. The highest BCUT2D eigenvalue weighted by atomic mass is 16.6. The Bertz CT molecular complexity index is 1930. The minimum Gasteiger partial charge on any atom is -0.497 e. The third kappa shape index (κ3) is 11.3. The van der Waals surface area contributed by atoms with E-state index in [0.29, 0.717) is 23.6 Å². The van der Waals surface area contributed by atoms with Gasteiger partial charge < -0.3 is 33.3 Å². The van der Waals surface area contributed by atoms with Crippen LogP contribution in [0.1, 0.15) is 42.6 Å². The quantitative estimate of drug-likeness (QED) is 0.0425. The maximum atomic E-state index is 12.9. The van der Waals surface area contributed by atoms with Gasteiger partial charge in [0.15, 0.2) is 0 Å². The number of carbonyl (C=O) groups is 1. The molecule has 4 aromatic rings. The largest absolute Gasteiger partial charge is 0.497 e. The summed E-state index contributed by atoms with van der Waals surface area (Å²) >= 11 is 0. The first-order valence-electron chi connectivity index (χ1n) is 18.1. The van der Waals surface area contributed by atoms with E-state index in [1.807, 2.05) is 147 Å². The van der Waals surface area contributed by atoms with Gasteiger partial charge >= 0.3 is 5.97 Å². The molecule has 2 aliphatic rings. The predicted molar refractivity (Wildman–Crippen MR) is 207 cm³/mol.